The molecule has 20 heavy (non-hydrogen) atoms. The van der Waals surface area contributed by atoms with E-state index in [-0.39, 0.29) is 11.3 Å². The maximum Gasteiger partial charge on any atom is 0.336 e. The van der Waals surface area contributed by atoms with Gasteiger partial charge in [0.25, 0.3) is 0 Å². The minimum absolute atomic E-state index is 0.174. The van der Waals surface area contributed by atoms with Crippen LogP contribution in [0.3, 0.4) is 0 Å². The van der Waals surface area contributed by atoms with E-state index in [1.165, 1.54) is 31.4 Å². The Kier molecular flexibility index (Phi) is 3.70. The van der Waals surface area contributed by atoms with E-state index in [1.54, 1.807) is 13.8 Å². The predicted molar refractivity (Wildman–Crippen MR) is 73.2 cm³/mol. The first-order chi connectivity index (χ1) is 9.43. The molecule has 0 atom stereocenters. The second-order valence-corrected chi connectivity index (χ2v) is 4.69. The largest absolute Gasteiger partial charge is 0.496 e. The molecular formula is C15H14O5. The van der Waals surface area contributed by atoms with Crippen LogP contribution in [-0.4, -0.2) is 18.7 Å². The summed E-state index contributed by atoms with van der Waals surface area (Å²) < 4.78 is 10.1. The quantitative estimate of drug-likeness (QED) is 0.485. The molecular weight excluding hydrogens is 260 g/mol. The van der Waals surface area contributed by atoms with E-state index in [9.17, 15) is 14.4 Å². The average Bonchev–Trinajstić information content (AvgIpc) is 2.43. The molecule has 0 spiro atoms. The molecule has 0 aliphatic carbocycles. The standard InChI is InChI=1S/C15H14O5/c1-8(2)14(17)15(18)10-6-9-4-5-13(16)20-11(9)7-12(10)19-3/h4-8H,1-3H3. The van der Waals surface area contributed by atoms with Crippen LogP contribution in [0, 0.1) is 5.92 Å². The van der Waals surface area contributed by atoms with E-state index < -0.39 is 23.1 Å². The van der Waals surface area contributed by atoms with Crippen molar-refractivity contribution >= 4 is 22.5 Å². The van der Waals surface area contributed by atoms with Crippen molar-refractivity contribution in [1.82, 2.24) is 0 Å². The fraction of sp³-hybridized carbons (Fsp3) is 0.267. The Balaban J connectivity index is 2.63. The van der Waals surface area contributed by atoms with Crippen molar-refractivity contribution in [2.45, 2.75) is 13.8 Å². The highest BCUT2D eigenvalue weighted by Crippen LogP contribution is 2.26. The number of Topliss-reactive ketones (excluding diaryl/α,β-unsaturated/α-hetero) is 2. The smallest absolute Gasteiger partial charge is 0.336 e. The fourth-order valence-corrected chi connectivity index (χ4v) is 1.84. The van der Waals surface area contributed by atoms with Crippen LogP contribution in [0.15, 0.2) is 33.5 Å². The number of carbonyl (C=O) groups excluding carboxylic acids is 2. The molecule has 0 amide bonds. The summed E-state index contributed by atoms with van der Waals surface area (Å²) in [5.41, 5.74) is -0.00710. The van der Waals surface area contributed by atoms with Crippen molar-refractivity contribution in [2.75, 3.05) is 7.11 Å². The van der Waals surface area contributed by atoms with Crippen molar-refractivity contribution in [3.63, 3.8) is 0 Å². The fourth-order valence-electron chi connectivity index (χ4n) is 1.84. The zero-order chi connectivity index (χ0) is 14.9. The zero-order valence-electron chi connectivity index (χ0n) is 11.4. The van der Waals surface area contributed by atoms with Crippen LogP contribution in [0.5, 0.6) is 5.75 Å². The van der Waals surface area contributed by atoms with Crippen LogP contribution in [-0.2, 0) is 4.79 Å². The molecule has 0 aliphatic heterocycles. The van der Waals surface area contributed by atoms with Gasteiger partial charge in [0.15, 0.2) is 0 Å². The minimum atomic E-state index is -0.607. The number of fused-ring (bicyclic) bond motifs is 1. The number of hydrogen-bond acceptors (Lipinski definition) is 5. The van der Waals surface area contributed by atoms with Crippen LogP contribution >= 0.6 is 0 Å². The van der Waals surface area contributed by atoms with Gasteiger partial charge in [0, 0.05) is 23.4 Å². The lowest BCUT2D eigenvalue weighted by Crippen LogP contribution is -2.20. The van der Waals surface area contributed by atoms with Crippen LogP contribution in [0.25, 0.3) is 11.0 Å². The van der Waals surface area contributed by atoms with Gasteiger partial charge in [-0.25, -0.2) is 4.79 Å². The summed E-state index contributed by atoms with van der Waals surface area (Å²) in [6, 6.07) is 5.74. The van der Waals surface area contributed by atoms with E-state index >= 15 is 0 Å². The number of ether oxygens (including phenoxy) is 1. The first-order valence-electron chi connectivity index (χ1n) is 6.14. The lowest BCUT2D eigenvalue weighted by Gasteiger charge is -2.09. The molecule has 0 unspecified atom stereocenters. The topological polar surface area (TPSA) is 73.6 Å². The first-order valence-corrected chi connectivity index (χ1v) is 6.14. The average molecular weight is 274 g/mol. The molecule has 0 radical (unpaired) electrons. The molecule has 0 N–H and O–H groups in total. The minimum Gasteiger partial charge on any atom is -0.496 e. The number of rotatable bonds is 4. The highest BCUT2D eigenvalue weighted by molar-refractivity contribution is 6.45. The molecule has 1 aromatic heterocycles. The number of methoxy groups -OCH3 is 1. The van der Waals surface area contributed by atoms with E-state index in [4.69, 9.17) is 9.15 Å². The molecule has 0 fully saturated rings. The molecule has 0 saturated heterocycles. The second kappa shape index (κ2) is 5.28. The lowest BCUT2D eigenvalue weighted by molar-refractivity contribution is -0.117. The predicted octanol–water partition coefficient (Wildman–Crippen LogP) is 2.21. The van der Waals surface area contributed by atoms with Crippen molar-refractivity contribution in [3.05, 3.63) is 40.2 Å². The van der Waals surface area contributed by atoms with Crippen LogP contribution in [0.2, 0.25) is 0 Å². The van der Waals surface area contributed by atoms with Gasteiger partial charge in [-0.1, -0.05) is 13.8 Å². The molecule has 5 nitrogen and oxygen atoms in total. The Labute approximate surface area is 115 Å². The van der Waals surface area contributed by atoms with Gasteiger partial charge in [-0.3, -0.25) is 9.59 Å². The van der Waals surface area contributed by atoms with Crippen LogP contribution < -0.4 is 10.4 Å². The first kappa shape index (κ1) is 14.0. The summed E-state index contributed by atoms with van der Waals surface area (Å²) in [7, 11) is 1.39. The van der Waals surface area contributed by atoms with Crippen LogP contribution in [0.4, 0.5) is 0 Å². The van der Waals surface area contributed by atoms with Crippen molar-refractivity contribution in [1.29, 1.82) is 0 Å². The maximum atomic E-state index is 12.2. The van der Waals surface area contributed by atoms with E-state index in [1.807, 2.05) is 0 Å². The van der Waals surface area contributed by atoms with Crippen molar-refractivity contribution in [3.8, 4) is 5.75 Å². The molecule has 5 heteroatoms. The van der Waals surface area contributed by atoms with Gasteiger partial charge in [0.1, 0.15) is 11.3 Å². The van der Waals surface area contributed by atoms with Gasteiger partial charge in [0.05, 0.1) is 12.7 Å². The molecule has 0 saturated carbocycles. The third-order valence-corrected chi connectivity index (χ3v) is 2.93. The number of hydrogen-bond donors (Lipinski definition) is 0. The Hall–Kier alpha value is -2.43. The number of benzene rings is 1. The SMILES string of the molecule is COc1cc2oc(=O)ccc2cc1C(=O)C(=O)C(C)C. The Morgan fingerprint density at radius 1 is 1.20 bits per heavy atom. The van der Waals surface area contributed by atoms with Gasteiger partial charge in [-0.15, -0.1) is 0 Å². The van der Waals surface area contributed by atoms with Gasteiger partial charge in [-0.2, -0.15) is 0 Å². The summed E-state index contributed by atoms with van der Waals surface area (Å²) >= 11 is 0. The maximum absolute atomic E-state index is 12.2. The second-order valence-electron chi connectivity index (χ2n) is 4.69. The highest BCUT2D eigenvalue weighted by atomic mass is 16.5. The monoisotopic (exact) mass is 274 g/mol. The third kappa shape index (κ3) is 2.47. The molecule has 2 rings (SSSR count). The number of ketones is 2. The van der Waals surface area contributed by atoms with Crippen molar-refractivity contribution < 1.29 is 18.7 Å². The summed E-state index contributed by atoms with van der Waals surface area (Å²) in [6.45, 7) is 3.32. The van der Waals surface area contributed by atoms with Gasteiger partial charge in [-0.05, 0) is 12.1 Å². The molecule has 0 aliphatic rings. The molecule has 1 heterocycles. The molecule has 2 aromatic rings. The van der Waals surface area contributed by atoms with Gasteiger partial charge >= 0.3 is 5.63 Å². The third-order valence-electron chi connectivity index (χ3n) is 2.93. The molecule has 1 aromatic carbocycles. The number of carbonyl (C=O) groups is 2. The zero-order valence-corrected chi connectivity index (χ0v) is 11.4. The molecule has 0 bridgehead atoms. The Bertz CT molecular complexity index is 740. The summed E-state index contributed by atoms with van der Waals surface area (Å²) in [4.78, 5) is 35.1. The van der Waals surface area contributed by atoms with Gasteiger partial charge < -0.3 is 9.15 Å². The van der Waals surface area contributed by atoms with E-state index in [2.05, 4.69) is 0 Å². The summed E-state index contributed by atoms with van der Waals surface area (Å²) in [6.07, 6.45) is 0. The van der Waals surface area contributed by atoms with E-state index in [0.29, 0.717) is 11.0 Å². The van der Waals surface area contributed by atoms with Crippen molar-refractivity contribution in [2.24, 2.45) is 5.92 Å². The van der Waals surface area contributed by atoms with E-state index in [0.717, 1.165) is 0 Å². The Morgan fingerprint density at radius 3 is 2.50 bits per heavy atom. The molecule has 104 valence electrons. The van der Waals surface area contributed by atoms with Crippen LogP contribution in [0.1, 0.15) is 24.2 Å². The summed E-state index contributed by atoms with van der Waals surface area (Å²) in [5, 5.41) is 0.560. The Morgan fingerprint density at radius 2 is 1.90 bits per heavy atom. The summed E-state index contributed by atoms with van der Waals surface area (Å²) in [5.74, 6) is -1.27. The van der Waals surface area contributed by atoms with Gasteiger partial charge in [0.2, 0.25) is 11.6 Å². The highest BCUT2D eigenvalue weighted by Gasteiger charge is 2.23. The normalized spacial score (nSPS) is 10.8. The lowest BCUT2D eigenvalue weighted by atomic mass is 9.98.